The number of aliphatic hydroxyl groups excluding tert-OH is 1. The zero-order chi connectivity index (χ0) is 20.1. The average Bonchev–Trinajstić information content (AvgIpc) is 2.95. The molecule has 10 nitrogen and oxygen atoms in total. The Morgan fingerprint density at radius 2 is 2.04 bits per heavy atom. The number of nitrogens with zero attached hydrogens (tertiary/aromatic N) is 3. The molecule has 0 aliphatic heterocycles. The van der Waals surface area contributed by atoms with Crippen LogP contribution in [0.2, 0.25) is 0 Å². The number of carboxylic acid groups (broad SMARTS) is 1. The summed E-state index contributed by atoms with van der Waals surface area (Å²) in [6.07, 6.45) is 1.13. The van der Waals surface area contributed by atoms with E-state index in [-0.39, 0.29) is 31.4 Å². The number of fused-ring (bicyclic) bond motifs is 1. The molecule has 0 saturated heterocycles. The summed E-state index contributed by atoms with van der Waals surface area (Å²) in [6, 6.07) is 7.04. The summed E-state index contributed by atoms with van der Waals surface area (Å²) in [5.41, 5.74) is 7.53. The van der Waals surface area contributed by atoms with Crippen LogP contribution in [-0.4, -0.2) is 48.9 Å². The van der Waals surface area contributed by atoms with Crippen molar-refractivity contribution < 1.29 is 19.7 Å². The second kappa shape index (κ2) is 8.53. The highest BCUT2D eigenvalue weighted by molar-refractivity contribution is 5.82. The molecule has 148 valence electrons. The lowest BCUT2D eigenvalue weighted by Gasteiger charge is -2.08. The number of nitrogen functional groups attached to an aromatic ring is 1. The van der Waals surface area contributed by atoms with E-state index in [1.54, 1.807) is 24.3 Å². The van der Waals surface area contributed by atoms with Crippen LogP contribution in [0.3, 0.4) is 0 Å². The molecule has 28 heavy (non-hydrogen) atoms. The highest BCUT2D eigenvalue weighted by Gasteiger charge is 2.15. The molecule has 0 unspecified atom stereocenters. The SMILES string of the molecule is Nc1nc(OCCCCO)nc2c1[nH]c(=O)n2Cc1cccc(CC(=O)O)c1. The maximum Gasteiger partial charge on any atom is 0.328 e. The molecule has 3 rings (SSSR count). The van der Waals surface area contributed by atoms with Gasteiger partial charge >= 0.3 is 17.7 Å². The van der Waals surface area contributed by atoms with E-state index in [2.05, 4.69) is 15.0 Å². The zero-order valence-corrected chi connectivity index (χ0v) is 15.1. The quantitative estimate of drug-likeness (QED) is 0.387. The molecule has 0 aliphatic rings. The molecule has 2 aromatic heterocycles. The van der Waals surface area contributed by atoms with Crippen LogP contribution in [0.25, 0.3) is 11.2 Å². The summed E-state index contributed by atoms with van der Waals surface area (Å²) in [7, 11) is 0. The van der Waals surface area contributed by atoms with Crippen LogP contribution in [-0.2, 0) is 17.8 Å². The van der Waals surface area contributed by atoms with Gasteiger partial charge in [0.25, 0.3) is 0 Å². The number of hydrogen-bond donors (Lipinski definition) is 4. The minimum Gasteiger partial charge on any atom is -0.481 e. The summed E-state index contributed by atoms with van der Waals surface area (Å²) < 4.78 is 6.86. The fraction of sp³-hybridized carbons (Fsp3) is 0.333. The van der Waals surface area contributed by atoms with Crippen LogP contribution >= 0.6 is 0 Å². The highest BCUT2D eigenvalue weighted by atomic mass is 16.5. The molecule has 3 aromatic rings. The second-order valence-corrected chi connectivity index (χ2v) is 6.28. The Bertz CT molecular complexity index is 1040. The molecule has 0 spiro atoms. The molecule has 0 amide bonds. The van der Waals surface area contributed by atoms with Crippen LogP contribution in [0.5, 0.6) is 6.01 Å². The highest BCUT2D eigenvalue weighted by Crippen LogP contribution is 2.19. The van der Waals surface area contributed by atoms with Gasteiger partial charge in [0.05, 0.1) is 19.6 Å². The first-order chi connectivity index (χ1) is 13.5. The Balaban J connectivity index is 1.90. The number of aliphatic carboxylic acids is 1. The lowest BCUT2D eigenvalue weighted by Crippen LogP contribution is -2.18. The number of H-pyrrole nitrogens is 1. The van der Waals surface area contributed by atoms with Crippen LogP contribution in [0.4, 0.5) is 5.82 Å². The molecule has 0 radical (unpaired) electrons. The number of aliphatic hydroxyl groups is 1. The Kier molecular flexibility index (Phi) is 5.90. The molecule has 0 atom stereocenters. The number of rotatable bonds is 9. The first-order valence-electron chi connectivity index (χ1n) is 8.77. The van der Waals surface area contributed by atoms with Crippen molar-refractivity contribution in [2.75, 3.05) is 18.9 Å². The predicted molar refractivity (Wildman–Crippen MR) is 101 cm³/mol. The van der Waals surface area contributed by atoms with E-state index in [1.165, 1.54) is 4.57 Å². The average molecular weight is 387 g/mol. The largest absolute Gasteiger partial charge is 0.481 e. The number of unbranched alkanes of at least 4 members (excludes halogenated alkanes) is 1. The summed E-state index contributed by atoms with van der Waals surface area (Å²) in [6.45, 7) is 0.577. The van der Waals surface area contributed by atoms with Gasteiger partial charge in [-0.2, -0.15) is 9.97 Å². The van der Waals surface area contributed by atoms with Crippen LogP contribution < -0.4 is 16.2 Å². The fourth-order valence-corrected chi connectivity index (χ4v) is 2.81. The molecule has 5 N–H and O–H groups in total. The number of nitrogens with one attached hydrogen (secondary N) is 1. The number of benzene rings is 1. The summed E-state index contributed by atoms with van der Waals surface area (Å²) in [5.74, 6) is -0.831. The normalized spacial score (nSPS) is 11.0. The van der Waals surface area contributed by atoms with Crippen LogP contribution in [0.15, 0.2) is 29.1 Å². The van der Waals surface area contributed by atoms with Crippen molar-refractivity contribution in [3.8, 4) is 6.01 Å². The van der Waals surface area contributed by atoms with E-state index >= 15 is 0 Å². The summed E-state index contributed by atoms with van der Waals surface area (Å²) in [4.78, 5) is 34.3. The monoisotopic (exact) mass is 387 g/mol. The lowest BCUT2D eigenvalue weighted by atomic mass is 10.1. The molecule has 0 bridgehead atoms. The number of hydrogen-bond acceptors (Lipinski definition) is 7. The van der Waals surface area contributed by atoms with Gasteiger partial charge in [0.1, 0.15) is 5.52 Å². The van der Waals surface area contributed by atoms with Gasteiger partial charge in [-0.05, 0) is 24.0 Å². The minimum atomic E-state index is -0.926. The minimum absolute atomic E-state index is 0.0512. The summed E-state index contributed by atoms with van der Waals surface area (Å²) in [5, 5.41) is 17.8. The van der Waals surface area contributed by atoms with E-state index < -0.39 is 11.7 Å². The molecule has 0 saturated carbocycles. The van der Waals surface area contributed by atoms with E-state index in [4.69, 9.17) is 20.7 Å². The van der Waals surface area contributed by atoms with Gasteiger partial charge in [-0.25, -0.2) is 4.79 Å². The van der Waals surface area contributed by atoms with Gasteiger partial charge in [-0.15, -0.1) is 0 Å². The van der Waals surface area contributed by atoms with E-state index in [1.807, 2.05) is 0 Å². The Labute approximate surface area is 159 Å². The first kappa shape index (κ1) is 19.4. The Morgan fingerprint density at radius 3 is 2.79 bits per heavy atom. The maximum absolute atomic E-state index is 12.4. The molecule has 0 aliphatic carbocycles. The lowest BCUT2D eigenvalue weighted by molar-refractivity contribution is -0.136. The van der Waals surface area contributed by atoms with Gasteiger partial charge in [-0.3, -0.25) is 9.36 Å². The Morgan fingerprint density at radius 1 is 1.25 bits per heavy atom. The number of carboxylic acids is 1. The zero-order valence-electron chi connectivity index (χ0n) is 15.1. The molecule has 1 aromatic carbocycles. The standard InChI is InChI=1S/C18H21N5O5/c19-15-14-16(22-17(21-15)28-7-2-1-6-24)23(18(27)20-14)10-12-5-3-4-11(8-12)9-13(25)26/h3-5,8,24H,1-2,6-7,9-10H2,(H,20,27)(H,25,26)(H2,19,21,22). The number of imidazole rings is 1. The second-order valence-electron chi connectivity index (χ2n) is 6.28. The molecular formula is C18H21N5O5. The van der Waals surface area contributed by atoms with Gasteiger partial charge in [0.2, 0.25) is 0 Å². The number of ether oxygens (including phenoxy) is 1. The molecule has 0 fully saturated rings. The van der Waals surface area contributed by atoms with Crippen LogP contribution in [0.1, 0.15) is 24.0 Å². The fourth-order valence-electron chi connectivity index (χ4n) is 2.81. The van der Waals surface area contributed by atoms with Gasteiger partial charge < -0.3 is 25.7 Å². The van der Waals surface area contributed by atoms with Crippen molar-refractivity contribution in [3.63, 3.8) is 0 Å². The third-order valence-corrected chi connectivity index (χ3v) is 4.10. The third kappa shape index (κ3) is 4.46. The number of aromatic amines is 1. The van der Waals surface area contributed by atoms with Crippen LogP contribution in [0, 0.1) is 0 Å². The van der Waals surface area contributed by atoms with Gasteiger partial charge in [-0.1, -0.05) is 24.3 Å². The maximum atomic E-state index is 12.4. The predicted octanol–water partition coefficient (Wildman–Crippen LogP) is 0.528. The molecular weight excluding hydrogens is 366 g/mol. The molecule has 10 heteroatoms. The van der Waals surface area contributed by atoms with Crippen molar-refractivity contribution in [1.29, 1.82) is 0 Å². The van der Waals surface area contributed by atoms with E-state index in [0.29, 0.717) is 36.2 Å². The number of nitrogens with two attached hydrogens (primary N) is 1. The summed E-state index contributed by atoms with van der Waals surface area (Å²) >= 11 is 0. The van der Waals surface area contributed by atoms with Gasteiger partial charge in [0, 0.05) is 6.61 Å². The van der Waals surface area contributed by atoms with E-state index in [0.717, 1.165) is 5.56 Å². The number of anilines is 1. The number of carbonyl (C=O) groups is 1. The topological polar surface area (TPSA) is 156 Å². The van der Waals surface area contributed by atoms with Crippen molar-refractivity contribution in [1.82, 2.24) is 19.5 Å². The number of aromatic nitrogens is 4. The molecule has 2 heterocycles. The van der Waals surface area contributed by atoms with Crippen molar-refractivity contribution in [2.45, 2.75) is 25.8 Å². The van der Waals surface area contributed by atoms with E-state index in [9.17, 15) is 9.59 Å². The van der Waals surface area contributed by atoms with Crippen molar-refractivity contribution in [2.24, 2.45) is 0 Å². The van der Waals surface area contributed by atoms with Gasteiger partial charge in [0.15, 0.2) is 11.5 Å². The van der Waals surface area contributed by atoms with Crippen molar-refractivity contribution >= 4 is 23.0 Å². The van der Waals surface area contributed by atoms with Crippen molar-refractivity contribution in [3.05, 3.63) is 45.9 Å². The smallest absolute Gasteiger partial charge is 0.328 e. The Hall–Kier alpha value is -3.40. The first-order valence-corrected chi connectivity index (χ1v) is 8.77. The third-order valence-electron chi connectivity index (χ3n) is 4.10.